The minimum absolute atomic E-state index is 0.281. The first-order valence-corrected chi connectivity index (χ1v) is 7.98. The van der Waals surface area contributed by atoms with E-state index < -0.39 is 23.4 Å². The number of ether oxygens (including phenoxy) is 2. The number of carbonyl (C=O) groups excluding carboxylic acids is 2. The molecule has 2 amide bonds. The summed E-state index contributed by atoms with van der Waals surface area (Å²) in [6.07, 6.45) is 2.31. The third-order valence-corrected chi connectivity index (χ3v) is 4.58. The average molecular weight is 354 g/mol. The lowest BCUT2D eigenvalue weighted by Crippen LogP contribution is -2.79. The number of nitrogens with zero attached hydrogens (tertiary/aromatic N) is 2. The fourth-order valence-electron chi connectivity index (χ4n) is 2.89. The van der Waals surface area contributed by atoms with Gasteiger partial charge in [-0.05, 0) is 26.7 Å². The molecule has 25 heavy (non-hydrogen) atoms. The van der Waals surface area contributed by atoms with Gasteiger partial charge in [-0.2, -0.15) is 0 Å². The Bertz CT molecular complexity index is 646. The lowest BCUT2D eigenvalue weighted by atomic mass is 9.96. The number of nitrogens with two attached hydrogens (primary N) is 2. The van der Waals surface area contributed by atoms with Gasteiger partial charge in [0.15, 0.2) is 5.72 Å². The number of amides is 2. The van der Waals surface area contributed by atoms with Crippen molar-refractivity contribution in [3.8, 4) is 0 Å². The van der Waals surface area contributed by atoms with Gasteiger partial charge in [-0.25, -0.2) is 9.78 Å². The molecule has 1 saturated heterocycles. The number of methoxy groups -OCH3 is 2. The van der Waals surface area contributed by atoms with Gasteiger partial charge in [-0.15, -0.1) is 0 Å². The van der Waals surface area contributed by atoms with Gasteiger partial charge >= 0.3 is 6.09 Å². The number of aromatic amines is 1. The lowest BCUT2D eigenvalue weighted by Gasteiger charge is -2.43. The molecule has 0 aliphatic carbocycles. The molecule has 140 valence electrons. The Kier molecular flexibility index (Phi) is 5.35. The predicted octanol–water partition coefficient (Wildman–Crippen LogP) is -0.286. The Labute approximate surface area is 146 Å². The maximum Gasteiger partial charge on any atom is 0.408 e. The number of aryl methyl sites for hydroxylation is 1. The summed E-state index contributed by atoms with van der Waals surface area (Å²) < 4.78 is 9.77. The van der Waals surface area contributed by atoms with Crippen LogP contribution in [-0.4, -0.2) is 59.0 Å². The van der Waals surface area contributed by atoms with Gasteiger partial charge < -0.3 is 25.1 Å². The highest BCUT2D eigenvalue weighted by Crippen LogP contribution is 2.33. The van der Waals surface area contributed by atoms with Crippen LogP contribution >= 0.6 is 0 Å². The van der Waals surface area contributed by atoms with Crippen LogP contribution in [0.4, 0.5) is 4.79 Å². The summed E-state index contributed by atoms with van der Waals surface area (Å²) in [6, 6.07) is -0.281. The van der Waals surface area contributed by atoms with Crippen LogP contribution in [0.5, 0.6) is 0 Å². The first-order chi connectivity index (χ1) is 11.7. The summed E-state index contributed by atoms with van der Waals surface area (Å²) in [5, 5.41) is 2.33. The van der Waals surface area contributed by atoms with E-state index in [1.807, 2.05) is 6.92 Å². The molecule has 1 aliphatic heterocycles. The molecule has 0 unspecified atom stereocenters. The van der Waals surface area contributed by atoms with Crippen molar-refractivity contribution in [1.82, 2.24) is 20.2 Å². The number of hydrogen-bond donors (Lipinski definition) is 4. The van der Waals surface area contributed by atoms with Gasteiger partial charge in [0.2, 0.25) is 5.66 Å². The zero-order valence-electron chi connectivity index (χ0n) is 15.0. The number of nitrogens with one attached hydrogen (secondary N) is 2. The molecular formula is C15H26N6O4. The Balaban J connectivity index is 2.36. The second-order valence-corrected chi connectivity index (χ2v) is 6.34. The van der Waals surface area contributed by atoms with E-state index in [4.69, 9.17) is 16.2 Å². The molecule has 3 atom stereocenters. The van der Waals surface area contributed by atoms with Crippen molar-refractivity contribution >= 4 is 12.0 Å². The molecular weight excluding hydrogens is 328 g/mol. The maximum atomic E-state index is 13.2. The number of likely N-dealkylation sites (tertiary alicyclic amines) is 1. The average Bonchev–Trinajstić information content (AvgIpc) is 3.21. The Morgan fingerprint density at radius 3 is 2.64 bits per heavy atom. The van der Waals surface area contributed by atoms with Crippen LogP contribution in [0.2, 0.25) is 0 Å². The zero-order chi connectivity index (χ0) is 18.8. The highest BCUT2D eigenvalue weighted by Gasteiger charge is 2.54. The van der Waals surface area contributed by atoms with E-state index in [1.165, 1.54) is 21.1 Å². The van der Waals surface area contributed by atoms with Crippen LogP contribution in [0.25, 0.3) is 0 Å². The third-order valence-electron chi connectivity index (χ3n) is 4.58. The van der Waals surface area contributed by atoms with Crippen LogP contribution in [0.1, 0.15) is 37.3 Å². The van der Waals surface area contributed by atoms with Crippen LogP contribution in [0, 0.1) is 6.92 Å². The summed E-state index contributed by atoms with van der Waals surface area (Å²) in [7, 11) is 2.48. The molecule has 0 bridgehead atoms. The fraction of sp³-hybridized carbons (Fsp3) is 0.667. The quantitative estimate of drug-likeness (QED) is 0.531. The van der Waals surface area contributed by atoms with E-state index in [9.17, 15) is 9.59 Å². The number of hydrogen-bond acceptors (Lipinski definition) is 7. The SMILES string of the molecule is COC(=O)N[C@](N)(C(=O)N1CCC[C@H]1c1ncc(C)[nH]1)[C@](C)(N)OC. The van der Waals surface area contributed by atoms with Crippen LogP contribution in [0.15, 0.2) is 6.20 Å². The van der Waals surface area contributed by atoms with Gasteiger partial charge in [0.05, 0.1) is 13.2 Å². The molecule has 1 aliphatic rings. The number of carbonyl (C=O) groups is 2. The molecule has 10 nitrogen and oxygen atoms in total. The van der Waals surface area contributed by atoms with Crippen molar-refractivity contribution in [2.75, 3.05) is 20.8 Å². The molecule has 0 aromatic carbocycles. The topological polar surface area (TPSA) is 149 Å². The van der Waals surface area contributed by atoms with E-state index in [0.717, 1.165) is 18.5 Å². The number of rotatable bonds is 5. The van der Waals surface area contributed by atoms with Crippen LogP contribution < -0.4 is 16.8 Å². The van der Waals surface area contributed by atoms with E-state index in [1.54, 1.807) is 11.1 Å². The summed E-state index contributed by atoms with van der Waals surface area (Å²) in [6.45, 7) is 3.76. The van der Waals surface area contributed by atoms with Gasteiger partial charge in [0.1, 0.15) is 5.82 Å². The standard InChI is InChI=1S/C15H26N6O4/c1-9-8-18-11(19-9)10-6-5-7-21(10)12(22)15(17,14(2,16)25-4)20-13(23)24-3/h8,10H,5-7,16-17H2,1-4H3,(H,18,19)(H,20,23)/t10-,14+,15+/m0/s1. The van der Waals surface area contributed by atoms with Crippen molar-refractivity contribution in [3.05, 3.63) is 17.7 Å². The van der Waals surface area contributed by atoms with Crippen molar-refractivity contribution in [2.24, 2.45) is 11.5 Å². The maximum absolute atomic E-state index is 13.2. The largest absolute Gasteiger partial charge is 0.453 e. The number of alkyl carbamates (subject to hydrolysis) is 1. The molecule has 6 N–H and O–H groups in total. The Hall–Kier alpha value is -2.17. The second kappa shape index (κ2) is 6.98. The van der Waals surface area contributed by atoms with Gasteiger partial charge in [-0.1, -0.05) is 0 Å². The van der Waals surface area contributed by atoms with Gasteiger partial charge in [0, 0.05) is 25.5 Å². The molecule has 0 radical (unpaired) electrons. The Morgan fingerprint density at radius 2 is 2.12 bits per heavy atom. The summed E-state index contributed by atoms with van der Waals surface area (Å²) in [5.41, 5.74) is 9.53. The van der Waals surface area contributed by atoms with Crippen LogP contribution in [0.3, 0.4) is 0 Å². The molecule has 0 spiro atoms. The minimum Gasteiger partial charge on any atom is -0.453 e. The summed E-state index contributed by atoms with van der Waals surface area (Å²) >= 11 is 0. The normalized spacial score (nSPS) is 22.2. The zero-order valence-corrected chi connectivity index (χ0v) is 15.0. The highest BCUT2D eigenvalue weighted by molar-refractivity contribution is 5.91. The molecule has 1 fully saturated rings. The van der Waals surface area contributed by atoms with E-state index in [2.05, 4.69) is 20.0 Å². The lowest BCUT2D eigenvalue weighted by molar-refractivity contribution is -0.154. The predicted molar refractivity (Wildman–Crippen MR) is 89.1 cm³/mol. The minimum atomic E-state index is -2.01. The van der Waals surface area contributed by atoms with Crippen molar-refractivity contribution < 1.29 is 19.1 Å². The molecule has 1 aromatic rings. The first-order valence-electron chi connectivity index (χ1n) is 7.98. The first kappa shape index (κ1) is 19.2. The number of imidazole rings is 1. The number of H-pyrrole nitrogens is 1. The van der Waals surface area contributed by atoms with E-state index in [0.29, 0.717) is 12.4 Å². The fourth-order valence-corrected chi connectivity index (χ4v) is 2.89. The molecule has 0 saturated carbocycles. The molecule has 10 heteroatoms. The van der Waals surface area contributed by atoms with Gasteiger partial charge in [0.25, 0.3) is 5.91 Å². The Morgan fingerprint density at radius 1 is 1.44 bits per heavy atom. The van der Waals surface area contributed by atoms with E-state index in [-0.39, 0.29) is 6.04 Å². The van der Waals surface area contributed by atoms with E-state index >= 15 is 0 Å². The molecule has 1 aromatic heterocycles. The number of aromatic nitrogens is 2. The summed E-state index contributed by atoms with van der Waals surface area (Å²) in [5.74, 6) is 0.0983. The smallest absolute Gasteiger partial charge is 0.408 e. The van der Waals surface area contributed by atoms with Crippen molar-refractivity contribution in [2.45, 2.75) is 44.1 Å². The molecule has 2 heterocycles. The highest BCUT2D eigenvalue weighted by atomic mass is 16.5. The second-order valence-electron chi connectivity index (χ2n) is 6.34. The molecule has 2 rings (SSSR count). The summed E-state index contributed by atoms with van der Waals surface area (Å²) in [4.78, 5) is 34.0. The van der Waals surface area contributed by atoms with Crippen molar-refractivity contribution in [1.29, 1.82) is 0 Å². The van der Waals surface area contributed by atoms with Crippen molar-refractivity contribution in [3.63, 3.8) is 0 Å². The third kappa shape index (κ3) is 3.46. The monoisotopic (exact) mass is 354 g/mol. The van der Waals surface area contributed by atoms with Gasteiger partial charge in [-0.3, -0.25) is 15.8 Å². The van der Waals surface area contributed by atoms with Crippen LogP contribution in [-0.2, 0) is 14.3 Å².